The van der Waals surface area contributed by atoms with E-state index in [4.69, 9.17) is 9.47 Å². The summed E-state index contributed by atoms with van der Waals surface area (Å²) >= 11 is 0. The molecule has 158 valence electrons. The van der Waals surface area contributed by atoms with Crippen LogP contribution in [0.1, 0.15) is 24.5 Å². The average molecular weight is 433 g/mol. The van der Waals surface area contributed by atoms with Crippen LogP contribution >= 0.6 is 24.8 Å². The third kappa shape index (κ3) is 8.65. The number of ether oxygens (including phenoxy) is 2. The molecule has 0 bridgehead atoms. The molecular formula is C21H31Cl2FN2O2. The van der Waals surface area contributed by atoms with Gasteiger partial charge in [-0.1, -0.05) is 30.3 Å². The Kier molecular flexibility index (Phi) is 13.7. The van der Waals surface area contributed by atoms with Gasteiger partial charge in [0.25, 0.3) is 0 Å². The Morgan fingerprint density at radius 3 is 2.36 bits per heavy atom. The smallest absolute Gasteiger partial charge is 0.166 e. The standard InChI is InChI=1S/C21H29FN2O2.2ClH/c1-4-25-20-12-7-10-17(15-23-13-8-14-24(2)3)21(20)26-16-18-9-5-6-11-19(18)22;;/h5-7,9-12,23H,4,8,13-16H2,1-3H3;2*1H. The van der Waals surface area contributed by atoms with Crippen LogP contribution in [0.4, 0.5) is 4.39 Å². The third-order valence-electron chi connectivity index (χ3n) is 3.96. The molecule has 2 aromatic rings. The highest BCUT2D eigenvalue weighted by Crippen LogP contribution is 2.32. The van der Waals surface area contributed by atoms with Gasteiger partial charge in [-0.25, -0.2) is 4.39 Å². The van der Waals surface area contributed by atoms with Crippen LogP contribution in [0.2, 0.25) is 0 Å². The molecule has 0 atom stereocenters. The molecular weight excluding hydrogens is 402 g/mol. The summed E-state index contributed by atoms with van der Waals surface area (Å²) in [5.74, 6) is 1.11. The van der Waals surface area contributed by atoms with E-state index >= 15 is 0 Å². The van der Waals surface area contributed by atoms with Gasteiger partial charge in [0.1, 0.15) is 12.4 Å². The first kappa shape index (κ1) is 26.5. The maximum atomic E-state index is 13.9. The summed E-state index contributed by atoms with van der Waals surface area (Å²) in [5, 5.41) is 3.44. The monoisotopic (exact) mass is 432 g/mol. The van der Waals surface area contributed by atoms with E-state index in [-0.39, 0.29) is 37.2 Å². The van der Waals surface area contributed by atoms with E-state index in [0.29, 0.717) is 30.2 Å². The van der Waals surface area contributed by atoms with Gasteiger partial charge in [-0.05, 0) is 52.7 Å². The van der Waals surface area contributed by atoms with Crippen molar-refractivity contribution in [2.75, 3.05) is 33.8 Å². The number of nitrogens with one attached hydrogen (secondary N) is 1. The van der Waals surface area contributed by atoms with Crippen LogP contribution in [0.5, 0.6) is 11.5 Å². The van der Waals surface area contributed by atoms with Crippen LogP contribution in [0.15, 0.2) is 42.5 Å². The van der Waals surface area contributed by atoms with Gasteiger partial charge < -0.3 is 19.7 Å². The Balaban J connectivity index is 0.00000364. The fourth-order valence-electron chi connectivity index (χ4n) is 2.64. The molecule has 7 heteroatoms. The Labute approximate surface area is 180 Å². The molecule has 0 unspecified atom stereocenters. The van der Waals surface area contributed by atoms with E-state index in [1.165, 1.54) is 6.07 Å². The molecule has 0 aliphatic heterocycles. The van der Waals surface area contributed by atoms with Gasteiger partial charge in [0.05, 0.1) is 6.61 Å². The maximum absolute atomic E-state index is 13.9. The SMILES string of the molecule is CCOc1cccc(CNCCCN(C)C)c1OCc1ccccc1F.Cl.Cl. The lowest BCUT2D eigenvalue weighted by Crippen LogP contribution is -2.21. The number of hydrogen-bond donors (Lipinski definition) is 1. The summed E-state index contributed by atoms with van der Waals surface area (Å²) in [5.41, 5.74) is 1.54. The van der Waals surface area contributed by atoms with Gasteiger partial charge in [0.2, 0.25) is 0 Å². The van der Waals surface area contributed by atoms with Crippen LogP contribution < -0.4 is 14.8 Å². The van der Waals surface area contributed by atoms with Crippen molar-refractivity contribution in [3.05, 3.63) is 59.4 Å². The fraction of sp³-hybridized carbons (Fsp3) is 0.429. The van der Waals surface area contributed by atoms with E-state index in [1.54, 1.807) is 12.1 Å². The maximum Gasteiger partial charge on any atom is 0.166 e. The molecule has 28 heavy (non-hydrogen) atoms. The molecule has 0 amide bonds. The van der Waals surface area contributed by atoms with Crippen molar-refractivity contribution in [2.24, 2.45) is 0 Å². The second-order valence-corrected chi connectivity index (χ2v) is 6.39. The van der Waals surface area contributed by atoms with Crippen molar-refractivity contribution in [3.8, 4) is 11.5 Å². The molecule has 2 rings (SSSR count). The third-order valence-corrected chi connectivity index (χ3v) is 3.96. The first-order valence-corrected chi connectivity index (χ1v) is 9.08. The molecule has 0 radical (unpaired) electrons. The van der Waals surface area contributed by atoms with Crippen molar-refractivity contribution in [1.29, 1.82) is 0 Å². The minimum Gasteiger partial charge on any atom is -0.490 e. The van der Waals surface area contributed by atoms with Gasteiger partial charge in [-0.3, -0.25) is 0 Å². The molecule has 0 aliphatic carbocycles. The van der Waals surface area contributed by atoms with Crippen molar-refractivity contribution in [3.63, 3.8) is 0 Å². The van der Waals surface area contributed by atoms with Crippen LogP contribution in [-0.2, 0) is 13.2 Å². The second kappa shape index (κ2) is 14.5. The first-order valence-electron chi connectivity index (χ1n) is 9.08. The van der Waals surface area contributed by atoms with Crippen LogP contribution in [0.25, 0.3) is 0 Å². The zero-order chi connectivity index (χ0) is 18.8. The quantitative estimate of drug-likeness (QED) is 0.522. The van der Waals surface area contributed by atoms with E-state index < -0.39 is 0 Å². The number of benzene rings is 2. The summed E-state index contributed by atoms with van der Waals surface area (Å²) in [6, 6.07) is 12.5. The van der Waals surface area contributed by atoms with E-state index in [0.717, 1.165) is 25.1 Å². The molecule has 0 saturated heterocycles. The van der Waals surface area contributed by atoms with Crippen LogP contribution in [0.3, 0.4) is 0 Å². The number of halogens is 3. The number of nitrogens with zero attached hydrogens (tertiary/aromatic N) is 1. The fourth-order valence-corrected chi connectivity index (χ4v) is 2.64. The Bertz CT molecular complexity index is 687. The number of rotatable bonds is 11. The lowest BCUT2D eigenvalue weighted by molar-refractivity contribution is 0.262. The molecule has 2 aromatic carbocycles. The minimum atomic E-state index is -0.259. The summed E-state index contributed by atoms with van der Waals surface area (Å²) < 4.78 is 25.5. The van der Waals surface area contributed by atoms with Crippen LogP contribution in [0, 0.1) is 5.82 Å². The Morgan fingerprint density at radius 1 is 0.964 bits per heavy atom. The Hall–Kier alpha value is -1.53. The summed E-state index contributed by atoms with van der Waals surface area (Å²) in [6.45, 7) is 5.31. The number of hydrogen-bond acceptors (Lipinski definition) is 4. The molecule has 0 aromatic heterocycles. The van der Waals surface area contributed by atoms with E-state index in [2.05, 4.69) is 24.3 Å². The lowest BCUT2D eigenvalue weighted by Gasteiger charge is -2.17. The second-order valence-electron chi connectivity index (χ2n) is 6.39. The van der Waals surface area contributed by atoms with Crippen molar-refractivity contribution in [1.82, 2.24) is 10.2 Å². The highest BCUT2D eigenvalue weighted by Gasteiger charge is 2.12. The van der Waals surface area contributed by atoms with Gasteiger partial charge in [-0.15, -0.1) is 24.8 Å². The highest BCUT2D eigenvalue weighted by atomic mass is 35.5. The van der Waals surface area contributed by atoms with Gasteiger partial charge in [-0.2, -0.15) is 0 Å². The molecule has 0 aliphatic rings. The summed E-state index contributed by atoms with van der Waals surface area (Å²) in [4.78, 5) is 2.17. The van der Waals surface area contributed by atoms with Crippen molar-refractivity contribution >= 4 is 24.8 Å². The normalized spacial score (nSPS) is 10.2. The molecule has 0 heterocycles. The molecule has 4 nitrogen and oxygen atoms in total. The topological polar surface area (TPSA) is 33.7 Å². The van der Waals surface area contributed by atoms with E-state index in [9.17, 15) is 4.39 Å². The molecule has 0 spiro atoms. The molecule has 0 saturated carbocycles. The predicted octanol–water partition coefficient (Wildman–Crippen LogP) is 4.69. The van der Waals surface area contributed by atoms with Gasteiger partial charge >= 0.3 is 0 Å². The zero-order valence-corrected chi connectivity index (χ0v) is 18.4. The summed E-state index contributed by atoms with van der Waals surface area (Å²) in [6.07, 6.45) is 1.07. The highest BCUT2D eigenvalue weighted by molar-refractivity contribution is 5.85. The number of para-hydroxylation sites is 1. The largest absolute Gasteiger partial charge is 0.490 e. The lowest BCUT2D eigenvalue weighted by atomic mass is 10.1. The Morgan fingerprint density at radius 2 is 1.68 bits per heavy atom. The van der Waals surface area contributed by atoms with Crippen molar-refractivity contribution < 1.29 is 13.9 Å². The zero-order valence-electron chi connectivity index (χ0n) is 16.7. The van der Waals surface area contributed by atoms with Gasteiger partial charge in [0, 0.05) is 17.7 Å². The van der Waals surface area contributed by atoms with Gasteiger partial charge in [0.15, 0.2) is 11.5 Å². The minimum absolute atomic E-state index is 0. The summed E-state index contributed by atoms with van der Waals surface area (Å²) in [7, 11) is 4.14. The molecule has 0 fully saturated rings. The van der Waals surface area contributed by atoms with Crippen LogP contribution in [-0.4, -0.2) is 38.7 Å². The van der Waals surface area contributed by atoms with Crippen molar-refractivity contribution in [2.45, 2.75) is 26.5 Å². The first-order chi connectivity index (χ1) is 12.6. The van der Waals surface area contributed by atoms with E-state index in [1.807, 2.05) is 31.2 Å². The molecule has 1 N–H and O–H groups in total. The predicted molar refractivity (Wildman–Crippen MR) is 118 cm³/mol. The average Bonchev–Trinajstić information content (AvgIpc) is 2.62.